The van der Waals surface area contributed by atoms with Crippen molar-refractivity contribution < 1.29 is 14.3 Å². The molecule has 1 aliphatic rings. The number of nitrogens with one attached hydrogen (secondary N) is 1. The Kier molecular flexibility index (Phi) is 4.69. The number of nitrogens with zero attached hydrogens (tertiary/aromatic N) is 1. The summed E-state index contributed by atoms with van der Waals surface area (Å²) in [5.74, 6) is -0.148. The minimum atomic E-state index is -0.144. The number of ether oxygens (including phenoxy) is 1. The smallest absolute Gasteiger partial charge is 0.257 e. The van der Waals surface area contributed by atoms with Gasteiger partial charge in [-0.1, -0.05) is 18.2 Å². The average Bonchev–Trinajstić information content (AvgIpc) is 3.13. The number of benzene rings is 2. The van der Waals surface area contributed by atoms with Crippen LogP contribution >= 0.6 is 11.3 Å². The van der Waals surface area contributed by atoms with E-state index in [2.05, 4.69) is 5.32 Å². The van der Waals surface area contributed by atoms with Crippen LogP contribution in [0.2, 0.25) is 0 Å². The molecule has 5 nitrogen and oxygen atoms in total. The average molecular weight is 366 g/mol. The lowest BCUT2D eigenvalue weighted by atomic mass is 10.1. The van der Waals surface area contributed by atoms with Gasteiger partial charge in [0, 0.05) is 39.8 Å². The van der Waals surface area contributed by atoms with E-state index in [0.29, 0.717) is 43.1 Å². The van der Waals surface area contributed by atoms with Gasteiger partial charge in [-0.2, -0.15) is 0 Å². The number of anilines is 1. The summed E-state index contributed by atoms with van der Waals surface area (Å²) >= 11 is 1.55. The van der Waals surface area contributed by atoms with Gasteiger partial charge in [0.15, 0.2) is 0 Å². The summed E-state index contributed by atoms with van der Waals surface area (Å²) in [5, 5.41) is 5.73. The molecule has 1 fully saturated rings. The molecule has 0 saturated carbocycles. The van der Waals surface area contributed by atoms with Crippen LogP contribution in [-0.4, -0.2) is 43.0 Å². The zero-order valence-electron chi connectivity index (χ0n) is 14.1. The number of rotatable bonds is 3. The molecule has 1 N–H and O–H groups in total. The topological polar surface area (TPSA) is 58.6 Å². The van der Waals surface area contributed by atoms with Gasteiger partial charge >= 0.3 is 0 Å². The van der Waals surface area contributed by atoms with E-state index in [1.54, 1.807) is 40.5 Å². The number of fused-ring (bicyclic) bond motifs is 1. The van der Waals surface area contributed by atoms with Crippen molar-refractivity contribution >= 4 is 38.9 Å². The number of thiophene rings is 1. The predicted octanol–water partition coefficient (Wildman–Crippen LogP) is 3.63. The molecule has 1 aliphatic heterocycles. The number of amides is 2. The second-order valence-electron chi connectivity index (χ2n) is 6.08. The third-order valence-corrected chi connectivity index (χ3v) is 5.38. The van der Waals surface area contributed by atoms with Crippen LogP contribution in [0.4, 0.5) is 5.69 Å². The van der Waals surface area contributed by atoms with E-state index in [1.165, 1.54) is 0 Å². The first-order chi connectivity index (χ1) is 12.7. The zero-order valence-corrected chi connectivity index (χ0v) is 14.9. The third kappa shape index (κ3) is 3.34. The summed E-state index contributed by atoms with van der Waals surface area (Å²) in [6, 6.07) is 14.9. The molecule has 0 spiro atoms. The molecule has 0 bridgehead atoms. The Hall–Kier alpha value is -2.70. The first kappa shape index (κ1) is 16.8. The van der Waals surface area contributed by atoms with Crippen molar-refractivity contribution in [2.24, 2.45) is 0 Å². The first-order valence-electron chi connectivity index (χ1n) is 8.47. The van der Waals surface area contributed by atoms with Crippen LogP contribution in [0.15, 0.2) is 53.9 Å². The van der Waals surface area contributed by atoms with E-state index < -0.39 is 0 Å². The van der Waals surface area contributed by atoms with E-state index >= 15 is 0 Å². The maximum Gasteiger partial charge on any atom is 0.257 e. The predicted molar refractivity (Wildman–Crippen MR) is 103 cm³/mol. The van der Waals surface area contributed by atoms with E-state index in [0.717, 1.165) is 10.1 Å². The number of carbonyl (C=O) groups excluding carboxylic acids is 2. The molecule has 6 heteroatoms. The quantitative estimate of drug-likeness (QED) is 0.770. The number of morpholine rings is 1. The lowest BCUT2D eigenvalue weighted by Crippen LogP contribution is -2.40. The molecule has 1 aromatic heterocycles. The fourth-order valence-corrected chi connectivity index (χ4v) is 3.94. The van der Waals surface area contributed by atoms with Crippen LogP contribution in [0.1, 0.15) is 20.7 Å². The van der Waals surface area contributed by atoms with Gasteiger partial charge in [0.05, 0.1) is 18.8 Å². The molecule has 0 unspecified atom stereocenters. The van der Waals surface area contributed by atoms with Crippen molar-refractivity contribution in [2.45, 2.75) is 0 Å². The van der Waals surface area contributed by atoms with E-state index in [-0.39, 0.29) is 11.8 Å². The highest BCUT2D eigenvalue weighted by Gasteiger charge is 2.18. The fourth-order valence-electron chi connectivity index (χ4n) is 3.00. The van der Waals surface area contributed by atoms with Crippen molar-refractivity contribution in [3.63, 3.8) is 0 Å². The van der Waals surface area contributed by atoms with Crippen LogP contribution in [0, 0.1) is 0 Å². The molecule has 2 aromatic carbocycles. The molecule has 2 heterocycles. The minimum Gasteiger partial charge on any atom is -0.378 e. The van der Waals surface area contributed by atoms with Crippen molar-refractivity contribution in [1.29, 1.82) is 0 Å². The number of carbonyl (C=O) groups is 2. The van der Waals surface area contributed by atoms with Gasteiger partial charge in [-0.25, -0.2) is 0 Å². The van der Waals surface area contributed by atoms with Crippen LogP contribution < -0.4 is 5.32 Å². The first-order valence-corrected chi connectivity index (χ1v) is 9.35. The Morgan fingerprint density at radius 2 is 1.73 bits per heavy atom. The molecule has 0 aliphatic carbocycles. The van der Waals surface area contributed by atoms with Gasteiger partial charge in [0.1, 0.15) is 0 Å². The Morgan fingerprint density at radius 3 is 2.50 bits per heavy atom. The normalized spacial score (nSPS) is 14.4. The summed E-state index contributed by atoms with van der Waals surface area (Å²) in [4.78, 5) is 26.8. The Bertz CT molecular complexity index is 943. The highest BCUT2D eigenvalue weighted by Crippen LogP contribution is 2.26. The van der Waals surface area contributed by atoms with Crippen molar-refractivity contribution in [3.05, 3.63) is 65.0 Å². The summed E-state index contributed by atoms with van der Waals surface area (Å²) in [5.41, 5.74) is 1.95. The van der Waals surface area contributed by atoms with Crippen LogP contribution in [0.25, 0.3) is 10.1 Å². The van der Waals surface area contributed by atoms with Crippen molar-refractivity contribution in [2.75, 3.05) is 31.6 Å². The standard InChI is InChI=1S/C20H18N2O3S/c23-19(17-13-26-18-4-2-1-3-16(17)18)21-15-7-5-14(6-8-15)20(24)22-9-11-25-12-10-22/h1-8,13H,9-12H2,(H,21,23). The van der Waals surface area contributed by atoms with Crippen LogP contribution in [0.3, 0.4) is 0 Å². The fraction of sp³-hybridized carbons (Fsp3) is 0.200. The monoisotopic (exact) mass is 366 g/mol. The lowest BCUT2D eigenvalue weighted by Gasteiger charge is -2.26. The molecule has 0 atom stereocenters. The van der Waals surface area contributed by atoms with E-state index in [9.17, 15) is 9.59 Å². The summed E-state index contributed by atoms with van der Waals surface area (Å²) in [7, 11) is 0. The molecule has 1 saturated heterocycles. The lowest BCUT2D eigenvalue weighted by molar-refractivity contribution is 0.0303. The van der Waals surface area contributed by atoms with Crippen LogP contribution in [-0.2, 0) is 4.74 Å². The molecule has 3 aromatic rings. The maximum absolute atomic E-state index is 12.6. The van der Waals surface area contributed by atoms with Crippen molar-refractivity contribution in [1.82, 2.24) is 4.90 Å². The molecular formula is C20H18N2O3S. The van der Waals surface area contributed by atoms with E-state index in [4.69, 9.17) is 4.74 Å². The summed E-state index contributed by atoms with van der Waals surface area (Å²) in [6.07, 6.45) is 0. The largest absolute Gasteiger partial charge is 0.378 e. The van der Waals surface area contributed by atoms with Crippen molar-refractivity contribution in [3.8, 4) is 0 Å². The van der Waals surface area contributed by atoms with Gasteiger partial charge in [-0.3, -0.25) is 9.59 Å². The Labute approximate surface area is 155 Å². The minimum absolute atomic E-state index is 0.00462. The zero-order chi connectivity index (χ0) is 17.9. The third-order valence-electron chi connectivity index (χ3n) is 4.41. The van der Waals surface area contributed by atoms with Gasteiger partial charge in [0.25, 0.3) is 11.8 Å². The maximum atomic E-state index is 12.6. The van der Waals surface area contributed by atoms with E-state index in [1.807, 2.05) is 29.6 Å². The Morgan fingerprint density at radius 1 is 1.00 bits per heavy atom. The number of hydrogen-bond donors (Lipinski definition) is 1. The Balaban J connectivity index is 1.47. The van der Waals surface area contributed by atoms with Gasteiger partial charge in [0.2, 0.25) is 0 Å². The highest BCUT2D eigenvalue weighted by molar-refractivity contribution is 7.17. The second-order valence-corrected chi connectivity index (χ2v) is 6.99. The highest BCUT2D eigenvalue weighted by atomic mass is 32.1. The van der Waals surface area contributed by atoms with Gasteiger partial charge < -0.3 is 15.0 Å². The molecule has 0 radical (unpaired) electrons. The summed E-state index contributed by atoms with van der Waals surface area (Å²) in [6.45, 7) is 2.38. The summed E-state index contributed by atoms with van der Waals surface area (Å²) < 4.78 is 6.36. The SMILES string of the molecule is O=C(Nc1ccc(C(=O)N2CCOCC2)cc1)c1csc2ccccc12. The molecule has 2 amide bonds. The molecular weight excluding hydrogens is 348 g/mol. The molecule has 26 heavy (non-hydrogen) atoms. The van der Waals surface area contributed by atoms with Gasteiger partial charge in [-0.15, -0.1) is 11.3 Å². The number of hydrogen-bond acceptors (Lipinski definition) is 4. The molecule has 4 rings (SSSR count). The van der Waals surface area contributed by atoms with Gasteiger partial charge in [-0.05, 0) is 30.3 Å². The molecule has 132 valence electrons. The van der Waals surface area contributed by atoms with Crippen LogP contribution in [0.5, 0.6) is 0 Å². The second kappa shape index (κ2) is 7.27.